The van der Waals surface area contributed by atoms with Gasteiger partial charge in [-0.05, 0) is 62.2 Å². The van der Waals surface area contributed by atoms with Crippen LogP contribution in [0, 0.1) is 0 Å². The van der Waals surface area contributed by atoms with E-state index < -0.39 is 11.1 Å². The summed E-state index contributed by atoms with van der Waals surface area (Å²) < 4.78 is 1.37. The van der Waals surface area contributed by atoms with Gasteiger partial charge in [-0.1, -0.05) is 0 Å². The molecule has 2 aromatic carbocycles. The van der Waals surface area contributed by atoms with Crippen molar-refractivity contribution in [3.63, 3.8) is 0 Å². The van der Waals surface area contributed by atoms with Crippen molar-refractivity contribution >= 4 is 28.5 Å². The Morgan fingerprint density at radius 1 is 1.00 bits per heavy atom. The van der Waals surface area contributed by atoms with Crippen molar-refractivity contribution in [3.8, 4) is 0 Å². The fourth-order valence-corrected chi connectivity index (χ4v) is 3.74. The Balaban J connectivity index is 1.54. The largest absolute Gasteiger partial charge is 0.339 e. The summed E-state index contributed by atoms with van der Waals surface area (Å²) in [7, 11) is 0. The maximum atomic E-state index is 12.6. The molecule has 2 N–H and O–H groups in total. The number of hydrogen-bond acceptors (Lipinski definition) is 4. The number of amides is 2. The fourth-order valence-electron chi connectivity index (χ4n) is 3.74. The average molecular weight is 406 g/mol. The number of H-pyrrole nitrogens is 1. The van der Waals surface area contributed by atoms with Gasteiger partial charge < -0.3 is 19.8 Å². The number of hydrogen-bond donors (Lipinski definition) is 2. The first-order chi connectivity index (χ1) is 14.5. The molecule has 1 aliphatic heterocycles. The molecular formula is C22H22N4O4. The first-order valence-corrected chi connectivity index (χ1v) is 9.95. The Bertz CT molecular complexity index is 1230. The third-order valence-corrected chi connectivity index (χ3v) is 5.34. The van der Waals surface area contributed by atoms with Crippen LogP contribution >= 0.6 is 0 Å². The van der Waals surface area contributed by atoms with E-state index in [2.05, 4.69) is 10.3 Å². The molecule has 30 heavy (non-hydrogen) atoms. The van der Waals surface area contributed by atoms with Crippen molar-refractivity contribution in [2.45, 2.75) is 26.3 Å². The van der Waals surface area contributed by atoms with Crippen molar-refractivity contribution in [2.24, 2.45) is 0 Å². The quantitative estimate of drug-likeness (QED) is 0.648. The topological polar surface area (TPSA) is 104 Å². The first kappa shape index (κ1) is 19.6. The average Bonchev–Trinajstić information content (AvgIpc) is 3.29. The molecule has 0 radical (unpaired) electrons. The van der Waals surface area contributed by atoms with Gasteiger partial charge in [0.2, 0.25) is 0 Å². The Labute approximate surface area is 172 Å². The number of aromatic nitrogens is 2. The smallest absolute Gasteiger partial charge is 0.316 e. The van der Waals surface area contributed by atoms with Crippen molar-refractivity contribution in [3.05, 3.63) is 74.3 Å². The number of aromatic amines is 1. The molecule has 1 fully saturated rings. The summed E-state index contributed by atoms with van der Waals surface area (Å²) in [5, 5.41) is 2.79. The van der Waals surface area contributed by atoms with Gasteiger partial charge in [0.25, 0.3) is 11.8 Å². The van der Waals surface area contributed by atoms with Crippen LogP contribution in [-0.4, -0.2) is 39.4 Å². The van der Waals surface area contributed by atoms with E-state index in [0.717, 1.165) is 25.9 Å². The molecule has 4 rings (SSSR count). The lowest BCUT2D eigenvalue weighted by Gasteiger charge is -2.15. The summed E-state index contributed by atoms with van der Waals surface area (Å²) in [4.78, 5) is 53.2. The predicted octanol–water partition coefficient (Wildman–Crippen LogP) is 2.20. The number of fused-ring (bicyclic) bond motifs is 1. The van der Waals surface area contributed by atoms with Crippen LogP contribution in [0.25, 0.3) is 11.0 Å². The van der Waals surface area contributed by atoms with Crippen LogP contribution in [0.4, 0.5) is 5.69 Å². The maximum absolute atomic E-state index is 12.6. The summed E-state index contributed by atoms with van der Waals surface area (Å²) >= 11 is 0. The van der Waals surface area contributed by atoms with Crippen molar-refractivity contribution in [2.75, 3.05) is 18.4 Å². The van der Waals surface area contributed by atoms with Crippen LogP contribution in [0.1, 0.15) is 40.5 Å². The molecule has 1 aliphatic rings. The minimum atomic E-state index is -0.722. The van der Waals surface area contributed by atoms with Gasteiger partial charge in [-0.3, -0.25) is 19.2 Å². The molecule has 0 atom stereocenters. The first-order valence-electron chi connectivity index (χ1n) is 9.95. The van der Waals surface area contributed by atoms with E-state index >= 15 is 0 Å². The maximum Gasteiger partial charge on any atom is 0.316 e. The predicted molar refractivity (Wildman–Crippen MR) is 114 cm³/mol. The van der Waals surface area contributed by atoms with Crippen molar-refractivity contribution in [1.82, 2.24) is 14.5 Å². The molecule has 0 spiro atoms. The number of rotatable bonds is 4. The number of nitrogens with one attached hydrogen (secondary N) is 2. The number of carbonyl (C=O) groups excluding carboxylic acids is 2. The van der Waals surface area contributed by atoms with Crippen LogP contribution in [0.15, 0.2) is 52.1 Å². The van der Waals surface area contributed by atoms with E-state index in [-0.39, 0.29) is 11.8 Å². The number of anilines is 1. The number of nitrogens with zero attached hydrogens (tertiary/aromatic N) is 2. The summed E-state index contributed by atoms with van der Waals surface area (Å²) in [5.74, 6) is -0.351. The summed E-state index contributed by atoms with van der Waals surface area (Å²) in [6, 6.07) is 11.6. The second kappa shape index (κ2) is 7.98. The Morgan fingerprint density at radius 3 is 2.33 bits per heavy atom. The highest BCUT2D eigenvalue weighted by atomic mass is 16.2. The van der Waals surface area contributed by atoms with Crippen LogP contribution in [0.5, 0.6) is 0 Å². The minimum absolute atomic E-state index is 0.00540. The molecule has 154 valence electrons. The normalized spacial score (nSPS) is 13.6. The van der Waals surface area contributed by atoms with Gasteiger partial charge in [0.15, 0.2) is 0 Å². The van der Waals surface area contributed by atoms with Crippen LogP contribution in [-0.2, 0) is 6.54 Å². The van der Waals surface area contributed by atoms with Gasteiger partial charge in [0, 0.05) is 36.4 Å². The van der Waals surface area contributed by atoms with Crippen molar-refractivity contribution in [1.29, 1.82) is 0 Å². The SMILES string of the molecule is CCn1c(=O)c(=O)[nH]c2cc(C(=O)Nc3ccc(C(=O)N4CCCC4)cc3)ccc21. The summed E-state index contributed by atoms with van der Waals surface area (Å²) in [5.41, 5.74) is 1.13. The molecule has 2 amide bonds. The zero-order valence-corrected chi connectivity index (χ0v) is 16.6. The number of likely N-dealkylation sites (tertiary alicyclic amines) is 1. The molecule has 0 saturated carbocycles. The monoisotopic (exact) mass is 406 g/mol. The zero-order chi connectivity index (χ0) is 21.3. The van der Waals surface area contributed by atoms with E-state index in [0.29, 0.717) is 34.4 Å². The zero-order valence-electron chi connectivity index (χ0n) is 16.6. The number of benzene rings is 2. The van der Waals surface area contributed by atoms with Crippen LogP contribution in [0.3, 0.4) is 0 Å². The molecular weight excluding hydrogens is 384 g/mol. The second-order valence-corrected chi connectivity index (χ2v) is 7.27. The molecule has 0 unspecified atom stereocenters. The minimum Gasteiger partial charge on any atom is -0.339 e. The number of aryl methyl sites for hydroxylation is 1. The van der Waals surface area contributed by atoms with Crippen molar-refractivity contribution < 1.29 is 9.59 Å². The number of carbonyl (C=O) groups is 2. The molecule has 8 heteroatoms. The van der Waals surface area contributed by atoms with Gasteiger partial charge in [-0.15, -0.1) is 0 Å². The van der Waals surface area contributed by atoms with E-state index in [4.69, 9.17) is 0 Å². The molecule has 0 aliphatic carbocycles. The highest BCUT2D eigenvalue weighted by Crippen LogP contribution is 2.17. The summed E-state index contributed by atoms with van der Waals surface area (Å²) in [6.07, 6.45) is 2.07. The molecule has 0 bridgehead atoms. The molecule has 2 heterocycles. The highest BCUT2D eigenvalue weighted by Gasteiger charge is 2.19. The van der Waals surface area contributed by atoms with E-state index in [9.17, 15) is 19.2 Å². The van der Waals surface area contributed by atoms with Crippen LogP contribution in [0.2, 0.25) is 0 Å². The lowest BCUT2D eigenvalue weighted by Crippen LogP contribution is -2.36. The Hall–Kier alpha value is -3.68. The van der Waals surface area contributed by atoms with E-state index in [1.807, 2.05) is 4.90 Å². The third-order valence-electron chi connectivity index (χ3n) is 5.34. The lowest BCUT2D eigenvalue weighted by atomic mass is 10.1. The Kier molecular flexibility index (Phi) is 5.22. The fraction of sp³-hybridized carbons (Fsp3) is 0.273. The van der Waals surface area contributed by atoms with E-state index in [1.165, 1.54) is 4.57 Å². The molecule has 3 aromatic rings. The van der Waals surface area contributed by atoms with Gasteiger partial charge in [-0.2, -0.15) is 0 Å². The highest BCUT2D eigenvalue weighted by molar-refractivity contribution is 6.06. The van der Waals surface area contributed by atoms with Gasteiger partial charge in [0.05, 0.1) is 11.0 Å². The molecule has 1 aromatic heterocycles. The van der Waals surface area contributed by atoms with Crippen LogP contribution < -0.4 is 16.4 Å². The Morgan fingerprint density at radius 2 is 1.67 bits per heavy atom. The van der Waals surface area contributed by atoms with E-state index in [1.54, 1.807) is 49.4 Å². The third kappa shape index (κ3) is 3.63. The van der Waals surface area contributed by atoms with Gasteiger partial charge in [0.1, 0.15) is 0 Å². The van der Waals surface area contributed by atoms with Gasteiger partial charge in [-0.25, -0.2) is 0 Å². The second-order valence-electron chi connectivity index (χ2n) is 7.27. The lowest BCUT2D eigenvalue weighted by molar-refractivity contribution is 0.0792. The standard InChI is InChI=1S/C22H22N4O4/c1-2-26-18-10-7-15(13-17(18)24-20(28)22(26)30)19(27)23-16-8-5-14(6-9-16)21(29)25-11-3-4-12-25/h5-10,13H,2-4,11-12H2,1H3,(H,23,27)(H,24,28). The summed E-state index contributed by atoms with van der Waals surface area (Å²) in [6.45, 7) is 3.70. The van der Waals surface area contributed by atoms with Gasteiger partial charge >= 0.3 is 11.1 Å². The molecule has 8 nitrogen and oxygen atoms in total. The molecule has 1 saturated heterocycles.